The maximum Gasteiger partial charge on any atom is 0.267 e. The van der Waals surface area contributed by atoms with Gasteiger partial charge in [-0.2, -0.15) is 8.42 Å². The quantitative estimate of drug-likeness (QED) is 0.627. The molecule has 0 aliphatic heterocycles. The maximum absolute atomic E-state index is 11.0. The highest BCUT2D eigenvalue weighted by molar-refractivity contribution is 7.86. The van der Waals surface area contributed by atoms with E-state index in [1.54, 1.807) is 0 Å². The Bertz CT molecular complexity index is 273. The molecule has 0 aromatic heterocycles. The molecule has 0 bridgehead atoms. The van der Waals surface area contributed by atoms with Gasteiger partial charge in [-0.1, -0.05) is 13.3 Å². The molecular formula is C8H17NO4S. The summed E-state index contributed by atoms with van der Waals surface area (Å²) in [5.41, 5.74) is 5.12. The first-order valence-corrected chi connectivity index (χ1v) is 6.08. The van der Waals surface area contributed by atoms with Crippen molar-refractivity contribution in [3.63, 3.8) is 0 Å². The average Bonchev–Trinajstić information content (AvgIpc) is 2.12. The first-order chi connectivity index (χ1) is 6.43. The molecule has 0 fully saturated rings. The summed E-state index contributed by atoms with van der Waals surface area (Å²) in [7, 11) is -2.37. The van der Waals surface area contributed by atoms with Gasteiger partial charge in [0.05, 0.1) is 12.9 Å². The van der Waals surface area contributed by atoms with Crippen LogP contribution in [0.15, 0.2) is 0 Å². The van der Waals surface area contributed by atoms with E-state index in [0.29, 0.717) is 6.42 Å². The molecule has 6 heteroatoms. The summed E-state index contributed by atoms with van der Waals surface area (Å²) >= 11 is 0. The van der Waals surface area contributed by atoms with Gasteiger partial charge in [0, 0.05) is 5.92 Å². The van der Waals surface area contributed by atoms with Gasteiger partial charge in [-0.25, -0.2) is 0 Å². The molecule has 84 valence electrons. The Balaban J connectivity index is 4.13. The van der Waals surface area contributed by atoms with Crippen molar-refractivity contribution in [3.05, 3.63) is 0 Å². The zero-order valence-electron chi connectivity index (χ0n) is 8.52. The van der Waals surface area contributed by atoms with Crippen molar-refractivity contribution < 1.29 is 17.4 Å². The molecule has 5 nitrogen and oxygen atoms in total. The van der Waals surface area contributed by atoms with Crippen molar-refractivity contribution in [2.45, 2.75) is 26.2 Å². The Kier molecular flexibility index (Phi) is 5.71. The molecule has 0 saturated carbocycles. The number of amides is 1. The van der Waals surface area contributed by atoms with E-state index in [-0.39, 0.29) is 18.1 Å². The van der Waals surface area contributed by atoms with Gasteiger partial charge in [0.25, 0.3) is 10.1 Å². The fraction of sp³-hybridized carbons (Fsp3) is 0.875. The van der Waals surface area contributed by atoms with E-state index in [2.05, 4.69) is 4.18 Å². The van der Waals surface area contributed by atoms with Crippen LogP contribution in [0.4, 0.5) is 0 Å². The molecule has 0 aliphatic carbocycles. The molecule has 1 atom stereocenters. The van der Waals surface area contributed by atoms with E-state index in [9.17, 15) is 13.2 Å². The van der Waals surface area contributed by atoms with Crippen LogP contribution in [0.1, 0.15) is 26.2 Å². The minimum atomic E-state index is -3.47. The second kappa shape index (κ2) is 5.98. The summed E-state index contributed by atoms with van der Waals surface area (Å²) in [5, 5.41) is 0. The lowest BCUT2D eigenvalue weighted by molar-refractivity contribution is -0.122. The number of nitrogens with two attached hydrogens (primary N) is 1. The lowest BCUT2D eigenvalue weighted by Gasteiger charge is -2.11. The monoisotopic (exact) mass is 223 g/mol. The van der Waals surface area contributed by atoms with Crippen LogP contribution in [0.25, 0.3) is 0 Å². The second-order valence-electron chi connectivity index (χ2n) is 3.11. The molecule has 2 N–H and O–H groups in total. The van der Waals surface area contributed by atoms with Crippen molar-refractivity contribution in [2.75, 3.05) is 12.9 Å². The highest BCUT2D eigenvalue weighted by atomic mass is 32.2. The van der Waals surface area contributed by atoms with Gasteiger partial charge < -0.3 is 5.73 Å². The van der Waals surface area contributed by atoms with Crippen molar-refractivity contribution in [1.82, 2.24) is 0 Å². The molecule has 0 saturated heterocycles. The summed E-state index contributed by atoms with van der Waals surface area (Å²) < 4.78 is 26.2. The van der Waals surface area contributed by atoms with Crippen molar-refractivity contribution in [2.24, 2.45) is 11.7 Å². The summed E-state index contributed by atoms with van der Waals surface area (Å²) in [6.45, 7) is 1.92. The second-order valence-corrected chi connectivity index (χ2v) is 4.96. The lowest BCUT2D eigenvalue weighted by Crippen LogP contribution is -2.25. The molecule has 0 aromatic carbocycles. The summed E-state index contributed by atoms with van der Waals surface area (Å²) in [4.78, 5) is 10.9. The van der Waals surface area contributed by atoms with Crippen molar-refractivity contribution in [3.8, 4) is 0 Å². The summed E-state index contributed by atoms with van der Waals surface area (Å²) in [6, 6.07) is 0. The van der Waals surface area contributed by atoms with E-state index in [0.717, 1.165) is 13.5 Å². The average molecular weight is 223 g/mol. The van der Waals surface area contributed by atoms with Gasteiger partial charge in [0.15, 0.2) is 0 Å². The minimum Gasteiger partial charge on any atom is -0.369 e. The first-order valence-electron chi connectivity index (χ1n) is 4.50. The van der Waals surface area contributed by atoms with Crippen molar-refractivity contribution in [1.29, 1.82) is 0 Å². The van der Waals surface area contributed by atoms with E-state index < -0.39 is 16.0 Å². The fourth-order valence-corrected chi connectivity index (χ4v) is 1.89. The summed E-state index contributed by atoms with van der Waals surface area (Å²) in [6.07, 6.45) is 1.66. The van der Waals surface area contributed by atoms with Gasteiger partial charge in [-0.15, -0.1) is 0 Å². The number of hydrogen-bond donors (Lipinski definition) is 1. The van der Waals surface area contributed by atoms with Crippen LogP contribution in [-0.2, 0) is 19.1 Å². The Hall–Kier alpha value is -0.620. The molecule has 0 spiro atoms. The van der Waals surface area contributed by atoms with Gasteiger partial charge in [0.1, 0.15) is 0 Å². The smallest absolute Gasteiger partial charge is 0.267 e. The highest BCUT2D eigenvalue weighted by Gasteiger charge is 2.18. The van der Waals surface area contributed by atoms with Gasteiger partial charge >= 0.3 is 0 Å². The van der Waals surface area contributed by atoms with E-state index in [1.165, 1.54) is 0 Å². The zero-order valence-corrected chi connectivity index (χ0v) is 9.34. The highest BCUT2D eigenvalue weighted by Crippen LogP contribution is 2.12. The molecular weight excluding hydrogens is 206 g/mol. The topological polar surface area (TPSA) is 86.5 Å². The minimum absolute atomic E-state index is 0.156. The van der Waals surface area contributed by atoms with Crippen LogP contribution in [0, 0.1) is 5.92 Å². The molecule has 1 amide bonds. The van der Waals surface area contributed by atoms with Gasteiger partial charge in [-0.3, -0.25) is 8.98 Å². The number of carbonyl (C=O) groups excluding carboxylic acids is 1. The van der Waals surface area contributed by atoms with Crippen LogP contribution in [-0.4, -0.2) is 27.2 Å². The Morgan fingerprint density at radius 2 is 2.00 bits per heavy atom. The number of hydrogen-bond acceptors (Lipinski definition) is 4. The van der Waals surface area contributed by atoms with Crippen molar-refractivity contribution >= 4 is 16.0 Å². The standard InChI is InChI=1S/C8H17NO4S/c1-3-4-7(8(9)10)5-6-14(11,12)13-2/h7H,3-6H2,1-2H3,(H2,9,10). The molecule has 0 aliphatic rings. The summed E-state index contributed by atoms with van der Waals surface area (Å²) in [5.74, 6) is -0.972. The van der Waals surface area contributed by atoms with E-state index in [1.807, 2.05) is 6.92 Å². The molecule has 14 heavy (non-hydrogen) atoms. The normalized spacial score (nSPS) is 13.9. The molecule has 0 aromatic rings. The number of rotatable bonds is 7. The zero-order chi connectivity index (χ0) is 11.2. The fourth-order valence-electron chi connectivity index (χ4n) is 1.15. The molecule has 1 unspecified atom stereocenters. The van der Waals surface area contributed by atoms with E-state index in [4.69, 9.17) is 5.73 Å². The van der Waals surface area contributed by atoms with Crippen LogP contribution >= 0.6 is 0 Å². The van der Waals surface area contributed by atoms with Gasteiger partial charge in [0.2, 0.25) is 5.91 Å². The Labute approximate surface area is 84.7 Å². The van der Waals surface area contributed by atoms with E-state index >= 15 is 0 Å². The largest absolute Gasteiger partial charge is 0.369 e. The Morgan fingerprint density at radius 3 is 2.36 bits per heavy atom. The third kappa shape index (κ3) is 5.18. The first kappa shape index (κ1) is 13.4. The van der Waals surface area contributed by atoms with Gasteiger partial charge in [-0.05, 0) is 12.8 Å². The number of carbonyl (C=O) groups is 1. The third-order valence-corrected chi connectivity index (χ3v) is 3.25. The third-order valence-electron chi connectivity index (χ3n) is 2.01. The number of primary amides is 1. The maximum atomic E-state index is 11.0. The molecule has 0 radical (unpaired) electrons. The van der Waals surface area contributed by atoms with Crippen LogP contribution in [0.2, 0.25) is 0 Å². The SMILES string of the molecule is CCCC(CCS(=O)(=O)OC)C(N)=O. The molecule has 0 heterocycles. The lowest BCUT2D eigenvalue weighted by atomic mass is 10.0. The van der Waals surface area contributed by atoms with Crippen LogP contribution in [0.5, 0.6) is 0 Å². The predicted molar refractivity (Wildman–Crippen MR) is 53.0 cm³/mol. The molecule has 0 rings (SSSR count). The predicted octanol–water partition coefficient (Wildman–Crippen LogP) is 0.254. The Morgan fingerprint density at radius 1 is 1.43 bits per heavy atom. The van der Waals surface area contributed by atoms with Crippen LogP contribution < -0.4 is 5.73 Å². The van der Waals surface area contributed by atoms with Crippen LogP contribution in [0.3, 0.4) is 0 Å².